The summed E-state index contributed by atoms with van der Waals surface area (Å²) in [7, 11) is -2.34. The molecule has 0 saturated carbocycles. The van der Waals surface area contributed by atoms with Crippen LogP contribution in [0.4, 0.5) is 10.5 Å². The van der Waals surface area contributed by atoms with E-state index in [0.717, 1.165) is 11.8 Å². The number of carbonyl (C=O) groups is 1. The molecule has 1 amide bonds. The lowest BCUT2D eigenvalue weighted by Gasteiger charge is -2.05. The molecule has 2 aromatic rings. The number of nitrogens with two attached hydrogens (primary N) is 1. The number of amidine groups is 1. The number of aliphatic imine (C=N–C) groups is 1. The fourth-order valence-electron chi connectivity index (χ4n) is 2.29. The van der Waals surface area contributed by atoms with E-state index in [0.29, 0.717) is 27.7 Å². The number of phenols is 1. The molecule has 10 heteroatoms. The lowest BCUT2D eigenvalue weighted by molar-refractivity contribution is 0.265. The standard InChI is InChI=1S/C17H15N3O5S2/c1-25-14-8-10(2-7-13(14)21)9-15-16(20-17(22)26-15)19-11-3-5-12(6-4-11)27(18,23)24/h2-9,21H,1H3,(H2,18,23,24)(H,19,20,22)/b15-9-. The van der Waals surface area contributed by atoms with Crippen LogP contribution in [0, 0.1) is 0 Å². The zero-order valence-electron chi connectivity index (χ0n) is 14.0. The Morgan fingerprint density at radius 2 is 1.93 bits per heavy atom. The highest BCUT2D eigenvalue weighted by Crippen LogP contribution is 2.31. The monoisotopic (exact) mass is 405 g/mol. The average Bonchev–Trinajstić information content (AvgIpc) is 2.95. The van der Waals surface area contributed by atoms with Gasteiger partial charge in [0.15, 0.2) is 11.5 Å². The van der Waals surface area contributed by atoms with Gasteiger partial charge >= 0.3 is 0 Å². The number of phenolic OH excluding ortho intramolecular Hbond substituents is 1. The van der Waals surface area contributed by atoms with E-state index in [-0.39, 0.29) is 15.9 Å². The lowest BCUT2D eigenvalue weighted by atomic mass is 10.2. The van der Waals surface area contributed by atoms with Gasteiger partial charge in [0.1, 0.15) is 5.84 Å². The summed E-state index contributed by atoms with van der Waals surface area (Å²) in [5.74, 6) is 0.654. The van der Waals surface area contributed by atoms with E-state index in [1.54, 1.807) is 18.2 Å². The first-order valence-electron chi connectivity index (χ1n) is 7.56. The summed E-state index contributed by atoms with van der Waals surface area (Å²) in [4.78, 5) is 16.7. The average molecular weight is 405 g/mol. The quantitative estimate of drug-likeness (QED) is 0.716. The van der Waals surface area contributed by atoms with Gasteiger partial charge in [-0.25, -0.2) is 18.5 Å². The maximum Gasteiger partial charge on any atom is 0.289 e. The fourth-order valence-corrected chi connectivity index (χ4v) is 3.54. The second kappa shape index (κ2) is 7.43. The van der Waals surface area contributed by atoms with Gasteiger partial charge in [-0.1, -0.05) is 6.07 Å². The van der Waals surface area contributed by atoms with Crippen LogP contribution in [-0.4, -0.2) is 31.7 Å². The number of amides is 1. The summed E-state index contributed by atoms with van der Waals surface area (Å²) in [5.41, 5.74) is 1.16. The van der Waals surface area contributed by atoms with Crippen LogP contribution < -0.4 is 15.2 Å². The number of methoxy groups -OCH3 is 1. The molecule has 140 valence electrons. The summed E-state index contributed by atoms with van der Waals surface area (Å²) < 4.78 is 27.7. The molecule has 0 bridgehead atoms. The second-order valence-electron chi connectivity index (χ2n) is 5.45. The van der Waals surface area contributed by atoms with Crippen molar-refractivity contribution >= 4 is 44.6 Å². The molecule has 1 fully saturated rings. The maximum absolute atomic E-state index is 11.8. The number of nitrogens with zero attached hydrogens (tertiary/aromatic N) is 1. The molecule has 0 radical (unpaired) electrons. The van der Waals surface area contributed by atoms with Crippen LogP contribution in [-0.2, 0) is 10.0 Å². The molecule has 8 nitrogen and oxygen atoms in total. The van der Waals surface area contributed by atoms with Gasteiger partial charge in [-0.05, 0) is 59.8 Å². The molecule has 1 aliphatic rings. The number of aromatic hydroxyl groups is 1. The van der Waals surface area contributed by atoms with Gasteiger partial charge in [0, 0.05) is 0 Å². The Morgan fingerprint density at radius 1 is 1.22 bits per heavy atom. The highest BCUT2D eigenvalue weighted by molar-refractivity contribution is 8.18. The number of carbonyl (C=O) groups excluding carboxylic acids is 1. The summed E-state index contributed by atoms with van der Waals surface area (Å²) in [6.07, 6.45) is 1.72. The Hall–Kier alpha value is -2.82. The fraction of sp³-hybridized carbons (Fsp3) is 0.0588. The number of hydrogen-bond acceptors (Lipinski definition) is 7. The number of thioether (sulfide) groups is 1. The summed E-state index contributed by atoms with van der Waals surface area (Å²) >= 11 is 0.974. The van der Waals surface area contributed by atoms with Crippen LogP contribution >= 0.6 is 11.8 Å². The molecule has 0 spiro atoms. The third-order valence-electron chi connectivity index (χ3n) is 3.56. The topological polar surface area (TPSA) is 131 Å². The van der Waals surface area contributed by atoms with Crippen LogP contribution in [0.5, 0.6) is 11.5 Å². The normalized spacial score (nSPS) is 17.3. The third-order valence-corrected chi connectivity index (χ3v) is 5.31. The minimum atomic E-state index is -3.78. The van der Waals surface area contributed by atoms with E-state index < -0.39 is 10.0 Å². The van der Waals surface area contributed by atoms with Gasteiger partial charge in [-0.15, -0.1) is 0 Å². The van der Waals surface area contributed by atoms with Gasteiger partial charge in [0.2, 0.25) is 10.0 Å². The number of hydrogen-bond donors (Lipinski definition) is 3. The Kier molecular flexibility index (Phi) is 5.22. The molecule has 2 aromatic carbocycles. The zero-order valence-corrected chi connectivity index (χ0v) is 15.7. The number of benzene rings is 2. The van der Waals surface area contributed by atoms with E-state index in [2.05, 4.69) is 10.3 Å². The Bertz CT molecular complexity index is 1060. The minimum absolute atomic E-state index is 0.0109. The van der Waals surface area contributed by atoms with Crippen molar-refractivity contribution < 1.29 is 23.1 Å². The van der Waals surface area contributed by atoms with E-state index in [1.807, 2.05) is 0 Å². The number of ether oxygens (including phenoxy) is 1. The Balaban J connectivity index is 1.94. The molecule has 1 aliphatic heterocycles. The molecule has 3 rings (SSSR count). The molecule has 0 atom stereocenters. The second-order valence-corrected chi connectivity index (χ2v) is 8.03. The van der Waals surface area contributed by atoms with Crippen molar-refractivity contribution in [2.45, 2.75) is 4.90 Å². The summed E-state index contributed by atoms with van der Waals surface area (Å²) in [6.45, 7) is 0. The van der Waals surface area contributed by atoms with Crippen LogP contribution in [0.15, 0.2) is 57.3 Å². The molecular weight excluding hydrogens is 390 g/mol. The van der Waals surface area contributed by atoms with Crippen LogP contribution in [0.1, 0.15) is 5.56 Å². The van der Waals surface area contributed by atoms with Crippen LogP contribution in [0.3, 0.4) is 0 Å². The number of sulfonamides is 1. The highest BCUT2D eigenvalue weighted by atomic mass is 32.2. The number of nitrogens with one attached hydrogen (secondary N) is 1. The van der Waals surface area contributed by atoms with E-state index >= 15 is 0 Å². The molecule has 27 heavy (non-hydrogen) atoms. The summed E-state index contributed by atoms with van der Waals surface area (Å²) in [5, 5.41) is 17.1. The van der Waals surface area contributed by atoms with Gasteiger partial charge in [0.05, 0.1) is 22.6 Å². The zero-order chi connectivity index (χ0) is 19.6. The van der Waals surface area contributed by atoms with E-state index in [1.165, 1.54) is 37.4 Å². The smallest absolute Gasteiger partial charge is 0.289 e. The number of primary sulfonamides is 1. The Labute approximate surface area is 159 Å². The van der Waals surface area contributed by atoms with E-state index in [4.69, 9.17) is 9.88 Å². The van der Waals surface area contributed by atoms with Crippen molar-refractivity contribution in [3.05, 3.63) is 52.9 Å². The first-order valence-corrected chi connectivity index (χ1v) is 9.92. The highest BCUT2D eigenvalue weighted by Gasteiger charge is 2.23. The molecule has 0 aliphatic carbocycles. The predicted molar refractivity (Wildman–Crippen MR) is 104 cm³/mol. The third kappa shape index (κ3) is 4.48. The van der Waals surface area contributed by atoms with Crippen molar-refractivity contribution in [3.8, 4) is 11.5 Å². The first kappa shape index (κ1) is 19.0. The first-order chi connectivity index (χ1) is 12.8. The largest absolute Gasteiger partial charge is 0.504 e. The van der Waals surface area contributed by atoms with Crippen LogP contribution in [0.2, 0.25) is 0 Å². The SMILES string of the molecule is COc1cc(/C=C2\SC(=O)NC2=Nc2ccc(S(N)(=O)=O)cc2)ccc1O. The minimum Gasteiger partial charge on any atom is -0.504 e. The van der Waals surface area contributed by atoms with Crippen molar-refractivity contribution in [2.24, 2.45) is 10.1 Å². The van der Waals surface area contributed by atoms with E-state index in [9.17, 15) is 18.3 Å². The van der Waals surface area contributed by atoms with Gasteiger partial charge < -0.3 is 15.2 Å². The van der Waals surface area contributed by atoms with Crippen molar-refractivity contribution in [3.63, 3.8) is 0 Å². The molecule has 1 saturated heterocycles. The van der Waals surface area contributed by atoms with Crippen molar-refractivity contribution in [1.29, 1.82) is 0 Å². The maximum atomic E-state index is 11.8. The Morgan fingerprint density at radius 3 is 2.56 bits per heavy atom. The van der Waals surface area contributed by atoms with Gasteiger partial charge in [0.25, 0.3) is 5.24 Å². The molecule has 4 N–H and O–H groups in total. The van der Waals surface area contributed by atoms with Crippen molar-refractivity contribution in [2.75, 3.05) is 7.11 Å². The molecular formula is C17H15N3O5S2. The van der Waals surface area contributed by atoms with Crippen LogP contribution in [0.25, 0.3) is 6.08 Å². The molecule has 1 heterocycles. The summed E-state index contributed by atoms with van der Waals surface area (Å²) in [6, 6.07) is 10.5. The number of rotatable bonds is 4. The van der Waals surface area contributed by atoms with Gasteiger partial charge in [-0.3, -0.25) is 4.79 Å². The van der Waals surface area contributed by atoms with Gasteiger partial charge in [-0.2, -0.15) is 0 Å². The molecule has 0 aromatic heterocycles. The predicted octanol–water partition coefficient (Wildman–Crippen LogP) is 2.58. The molecule has 0 unspecified atom stereocenters. The van der Waals surface area contributed by atoms with Crippen molar-refractivity contribution in [1.82, 2.24) is 5.32 Å². The lowest BCUT2D eigenvalue weighted by Crippen LogP contribution is -2.18.